The van der Waals surface area contributed by atoms with Gasteiger partial charge in [0.1, 0.15) is 0 Å². The van der Waals surface area contributed by atoms with E-state index in [0.29, 0.717) is 28.6 Å². The third-order valence-electron chi connectivity index (χ3n) is 13.1. The molecule has 4 saturated carbocycles. The molecule has 268 valence electrons. The highest BCUT2D eigenvalue weighted by Gasteiger charge is 2.51. The van der Waals surface area contributed by atoms with Crippen molar-refractivity contribution >= 4 is 27.2 Å². The molecule has 0 atom stereocenters. The highest BCUT2D eigenvalue weighted by molar-refractivity contribution is 6.04. The van der Waals surface area contributed by atoms with Gasteiger partial charge in [-0.3, -0.25) is 0 Å². The Kier molecular flexibility index (Phi) is 7.71. The van der Waals surface area contributed by atoms with Gasteiger partial charge in [0, 0.05) is 16.7 Å². The Morgan fingerprint density at radius 3 is 1.71 bits per heavy atom. The minimum atomic E-state index is 0.385. The molecule has 4 fully saturated rings. The van der Waals surface area contributed by atoms with Crippen molar-refractivity contribution in [3.05, 3.63) is 169 Å². The van der Waals surface area contributed by atoms with Crippen LogP contribution in [-0.2, 0) is 5.41 Å². The normalized spacial score (nSPS) is 21.0. The number of nitrogens with zero attached hydrogens (tertiary/aromatic N) is 4. The van der Waals surface area contributed by atoms with Crippen LogP contribution in [-0.4, -0.2) is 15.0 Å². The first kappa shape index (κ1) is 32.9. The Morgan fingerprint density at radius 1 is 0.446 bits per heavy atom. The van der Waals surface area contributed by atoms with Crippen LogP contribution in [0.15, 0.2) is 152 Å². The van der Waals surface area contributed by atoms with Crippen molar-refractivity contribution in [1.29, 1.82) is 0 Å². The zero-order valence-corrected chi connectivity index (χ0v) is 31.2. The van der Waals surface area contributed by atoms with Gasteiger partial charge in [-0.2, -0.15) is 0 Å². The Balaban J connectivity index is 1.01. The molecule has 0 saturated heterocycles. The Morgan fingerprint density at radius 2 is 1.00 bits per heavy atom. The van der Waals surface area contributed by atoms with Gasteiger partial charge in [-0.1, -0.05) is 127 Å². The lowest BCUT2D eigenvalue weighted by Gasteiger charge is -2.57. The minimum Gasteiger partial charge on any atom is -0.238 e. The van der Waals surface area contributed by atoms with Gasteiger partial charge >= 0.3 is 0 Å². The molecule has 0 aliphatic heterocycles. The number of aromatic nitrogens is 3. The monoisotopic (exact) mass is 720 g/mol. The van der Waals surface area contributed by atoms with Crippen LogP contribution in [0.3, 0.4) is 0 Å². The van der Waals surface area contributed by atoms with E-state index in [9.17, 15) is 0 Å². The van der Waals surface area contributed by atoms with Crippen LogP contribution >= 0.6 is 0 Å². The summed E-state index contributed by atoms with van der Waals surface area (Å²) in [5, 5.41) is 4.68. The molecule has 1 heterocycles. The molecule has 0 unspecified atom stereocenters. The van der Waals surface area contributed by atoms with Crippen molar-refractivity contribution in [2.45, 2.75) is 43.9 Å². The molecule has 0 amide bonds. The average molecular weight is 721 g/mol. The number of hydrogen-bond donors (Lipinski definition) is 0. The summed E-state index contributed by atoms with van der Waals surface area (Å²) >= 11 is 0. The van der Waals surface area contributed by atoms with E-state index in [2.05, 4.69) is 132 Å². The maximum absolute atomic E-state index is 7.67. The molecule has 0 N–H and O–H groups in total. The summed E-state index contributed by atoms with van der Waals surface area (Å²) in [4.78, 5) is 19.1. The van der Waals surface area contributed by atoms with Crippen molar-refractivity contribution in [2.75, 3.05) is 0 Å². The van der Waals surface area contributed by atoms with Gasteiger partial charge in [-0.25, -0.2) is 19.8 Å². The van der Waals surface area contributed by atoms with E-state index in [1.165, 1.54) is 65.8 Å². The molecular weight excluding hydrogens is 681 g/mol. The van der Waals surface area contributed by atoms with Gasteiger partial charge in [-0.15, -0.1) is 0 Å². The molecule has 4 nitrogen and oxygen atoms in total. The largest absolute Gasteiger partial charge is 0.238 e. The fraction of sp³-hybridized carbons (Fsp3) is 0.192. The van der Waals surface area contributed by atoms with E-state index < -0.39 is 0 Å². The van der Waals surface area contributed by atoms with E-state index in [1.807, 2.05) is 24.3 Å². The van der Waals surface area contributed by atoms with E-state index in [1.54, 1.807) is 5.56 Å². The zero-order valence-electron chi connectivity index (χ0n) is 31.2. The minimum absolute atomic E-state index is 0.385. The number of benzene rings is 7. The first-order chi connectivity index (χ1) is 27.6. The molecule has 12 rings (SSSR count). The van der Waals surface area contributed by atoms with Crippen LogP contribution in [0, 0.1) is 24.3 Å². The first-order valence-electron chi connectivity index (χ1n) is 20.0. The van der Waals surface area contributed by atoms with Crippen LogP contribution in [0.5, 0.6) is 0 Å². The van der Waals surface area contributed by atoms with Crippen LogP contribution in [0.25, 0.3) is 82.8 Å². The average Bonchev–Trinajstić information content (AvgIpc) is 3.25. The second kappa shape index (κ2) is 13.1. The van der Waals surface area contributed by atoms with Crippen molar-refractivity contribution in [3.63, 3.8) is 0 Å². The molecule has 0 spiro atoms. The van der Waals surface area contributed by atoms with E-state index >= 15 is 0 Å². The molecule has 7 aromatic carbocycles. The summed E-state index contributed by atoms with van der Waals surface area (Å²) in [6.07, 6.45) is 8.52. The second-order valence-corrected chi connectivity index (χ2v) is 16.6. The zero-order chi connectivity index (χ0) is 37.2. The molecule has 4 aliphatic rings. The highest BCUT2D eigenvalue weighted by atomic mass is 15.0. The van der Waals surface area contributed by atoms with Crippen molar-refractivity contribution in [3.8, 4) is 56.4 Å². The highest BCUT2D eigenvalue weighted by Crippen LogP contribution is 2.60. The van der Waals surface area contributed by atoms with Gasteiger partial charge in [0.15, 0.2) is 23.2 Å². The van der Waals surface area contributed by atoms with E-state index in [-0.39, 0.29) is 0 Å². The lowest BCUT2D eigenvalue weighted by Crippen LogP contribution is -2.48. The van der Waals surface area contributed by atoms with Gasteiger partial charge in [0.25, 0.3) is 0 Å². The van der Waals surface area contributed by atoms with Crippen LogP contribution in [0.2, 0.25) is 0 Å². The SMILES string of the molecule is [C-]#[N+]c1cccc(-c2nc(-c3cccc(-c4ccc5ccccc5c4)c3)nc(-c3ccc(-c4ccc(C56CC7CC(CC(C7)C5)C6)cc4)c4ccccc34)n2)c1. The molecule has 56 heavy (non-hydrogen) atoms. The smallest absolute Gasteiger partial charge is 0.187 e. The summed E-state index contributed by atoms with van der Waals surface area (Å²) in [5.41, 5.74) is 9.81. The standard InChI is InChI=1S/C52H40N4/c1-53-44-13-7-12-42(29-44)50-54-49(41-11-6-10-39(28-41)40-17-16-36-8-2-3-9-38(36)27-40)55-51(56-50)48-23-22-45(46-14-4-5-15-47(46)48)37-18-20-43(21-19-37)52-30-33-24-34(31-52)26-35(25-33)32-52/h2-23,27-29,33-35H,24-26,30-32H2. The van der Waals surface area contributed by atoms with E-state index in [4.69, 9.17) is 21.5 Å². The maximum atomic E-state index is 7.67. The third kappa shape index (κ3) is 5.69. The summed E-state index contributed by atoms with van der Waals surface area (Å²) in [7, 11) is 0. The number of hydrogen-bond acceptors (Lipinski definition) is 3. The molecular formula is C52H40N4. The molecule has 0 radical (unpaired) electrons. The Bertz CT molecular complexity index is 2830. The lowest BCUT2D eigenvalue weighted by molar-refractivity contribution is -0.00518. The quantitative estimate of drug-likeness (QED) is 0.161. The summed E-state index contributed by atoms with van der Waals surface area (Å²) in [6.45, 7) is 7.67. The molecule has 4 heteroatoms. The van der Waals surface area contributed by atoms with Crippen LogP contribution in [0.1, 0.15) is 44.1 Å². The molecule has 8 aromatic rings. The van der Waals surface area contributed by atoms with Crippen molar-refractivity contribution in [2.24, 2.45) is 17.8 Å². The van der Waals surface area contributed by atoms with Gasteiger partial charge in [-0.05, 0) is 135 Å². The van der Waals surface area contributed by atoms with Crippen molar-refractivity contribution < 1.29 is 0 Å². The lowest BCUT2D eigenvalue weighted by atomic mass is 9.48. The molecule has 4 aliphatic carbocycles. The van der Waals surface area contributed by atoms with Crippen LogP contribution < -0.4 is 0 Å². The van der Waals surface area contributed by atoms with Crippen LogP contribution in [0.4, 0.5) is 5.69 Å². The predicted molar refractivity (Wildman–Crippen MR) is 228 cm³/mol. The summed E-state index contributed by atoms with van der Waals surface area (Å²) in [5.74, 6) is 4.53. The molecule has 1 aromatic heterocycles. The fourth-order valence-electron chi connectivity index (χ4n) is 10.9. The summed E-state index contributed by atoms with van der Waals surface area (Å²) in [6, 6.07) is 53.6. The van der Waals surface area contributed by atoms with Gasteiger partial charge < -0.3 is 0 Å². The van der Waals surface area contributed by atoms with Gasteiger partial charge in [0.2, 0.25) is 0 Å². The second-order valence-electron chi connectivity index (χ2n) is 16.6. The predicted octanol–water partition coefficient (Wildman–Crippen LogP) is 13.5. The Labute approximate surface area is 327 Å². The maximum Gasteiger partial charge on any atom is 0.187 e. The van der Waals surface area contributed by atoms with Crippen molar-refractivity contribution in [1.82, 2.24) is 15.0 Å². The third-order valence-corrected chi connectivity index (χ3v) is 13.1. The summed E-state index contributed by atoms with van der Waals surface area (Å²) < 4.78 is 0. The van der Waals surface area contributed by atoms with E-state index in [0.717, 1.165) is 51.0 Å². The number of fused-ring (bicyclic) bond motifs is 2. The topological polar surface area (TPSA) is 43.0 Å². The van der Waals surface area contributed by atoms with Gasteiger partial charge in [0.05, 0.1) is 6.57 Å². The number of rotatable bonds is 6. The molecule has 4 bridgehead atoms. The Hall–Kier alpha value is -6.44. The first-order valence-corrected chi connectivity index (χ1v) is 20.0. The fourth-order valence-corrected chi connectivity index (χ4v) is 10.9.